The Hall–Kier alpha value is -1.89. The molecule has 0 bridgehead atoms. The number of imidazole rings is 1. The number of unbranched alkanes of at least 4 members (excludes halogenated alkanes) is 2. The number of aliphatic hydroxyl groups excluding tert-OH is 1. The van der Waals surface area contributed by atoms with Gasteiger partial charge in [0.15, 0.2) is 5.65 Å². The summed E-state index contributed by atoms with van der Waals surface area (Å²) in [7, 11) is 0. The van der Waals surface area contributed by atoms with Crippen LogP contribution in [-0.4, -0.2) is 30.8 Å². The molecule has 2 aromatic rings. The minimum absolute atomic E-state index is 0.133. The van der Waals surface area contributed by atoms with Crippen LogP contribution in [0.15, 0.2) is 9.59 Å². The fourth-order valence-corrected chi connectivity index (χ4v) is 2.46. The predicted octanol–water partition coefficient (Wildman–Crippen LogP) is 0.767. The van der Waals surface area contributed by atoms with Gasteiger partial charge < -0.3 is 10.1 Å². The second kappa shape index (κ2) is 6.71. The van der Waals surface area contributed by atoms with Gasteiger partial charge in [0.05, 0.1) is 0 Å². The number of nitrogens with zero attached hydrogens (tertiary/aromatic N) is 3. The molecule has 21 heavy (non-hydrogen) atoms. The van der Waals surface area contributed by atoms with Gasteiger partial charge in [-0.2, -0.15) is 0 Å². The van der Waals surface area contributed by atoms with Crippen molar-refractivity contribution in [3.8, 4) is 0 Å². The van der Waals surface area contributed by atoms with Gasteiger partial charge in [-0.05, 0) is 32.6 Å². The van der Waals surface area contributed by atoms with Crippen LogP contribution in [0, 0.1) is 6.92 Å². The lowest BCUT2D eigenvalue weighted by molar-refractivity contribution is 0.281. The highest BCUT2D eigenvalue weighted by Crippen LogP contribution is 2.06. The number of rotatable bonds is 7. The first-order valence-corrected chi connectivity index (χ1v) is 7.41. The fourth-order valence-electron chi connectivity index (χ4n) is 2.46. The first-order chi connectivity index (χ1) is 10.1. The molecule has 2 N–H and O–H groups in total. The lowest BCUT2D eigenvalue weighted by Gasteiger charge is -2.10. The highest BCUT2D eigenvalue weighted by molar-refractivity contribution is 5.69. The standard InChI is InChI=1S/C14H22N4O3/c1-3-7-17-12-11(15-10(2)16-12)13(20)18(14(17)21)8-5-4-6-9-19/h19H,3-9H2,1-2H3,(H,15,16). The molecule has 2 aromatic heterocycles. The lowest BCUT2D eigenvalue weighted by Crippen LogP contribution is -2.40. The maximum absolute atomic E-state index is 12.5. The van der Waals surface area contributed by atoms with Gasteiger partial charge in [0.25, 0.3) is 5.56 Å². The maximum atomic E-state index is 12.5. The molecule has 2 heterocycles. The quantitative estimate of drug-likeness (QED) is 0.738. The smallest absolute Gasteiger partial charge is 0.332 e. The Labute approximate surface area is 122 Å². The molecule has 0 aliphatic rings. The highest BCUT2D eigenvalue weighted by atomic mass is 16.3. The molecule has 7 heteroatoms. The van der Waals surface area contributed by atoms with Crippen molar-refractivity contribution >= 4 is 11.2 Å². The molecule has 7 nitrogen and oxygen atoms in total. The van der Waals surface area contributed by atoms with E-state index in [-0.39, 0.29) is 17.9 Å². The monoisotopic (exact) mass is 294 g/mol. The SMILES string of the molecule is CCCn1c(=O)n(CCCCCO)c(=O)c2[nH]c(C)nc21. The summed E-state index contributed by atoms with van der Waals surface area (Å²) in [6, 6.07) is 0. The molecule has 0 spiro atoms. The number of aliphatic hydroxyl groups is 1. The molecule has 0 atom stereocenters. The number of hydrogen-bond donors (Lipinski definition) is 2. The van der Waals surface area contributed by atoms with E-state index in [1.165, 1.54) is 4.57 Å². The van der Waals surface area contributed by atoms with Gasteiger partial charge in [0, 0.05) is 19.7 Å². The molecule has 0 aromatic carbocycles. The predicted molar refractivity (Wildman–Crippen MR) is 80.6 cm³/mol. The zero-order chi connectivity index (χ0) is 15.4. The average molecular weight is 294 g/mol. The van der Waals surface area contributed by atoms with E-state index in [1.54, 1.807) is 11.5 Å². The van der Waals surface area contributed by atoms with Gasteiger partial charge >= 0.3 is 5.69 Å². The van der Waals surface area contributed by atoms with E-state index in [4.69, 9.17) is 5.11 Å². The normalized spacial score (nSPS) is 11.4. The van der Waals surface area contributed by atoms with Crippen molar-refractivity contribution in [3.63, 3.8) is 0 Å². The van der Waals surface area contributed by atoms with Crippen molar-refractivity contribution in [2.75, 3.05) is 6.61 Å². The number of aromatic amines is 1. The van der Waals surface area contributed by atoms with Gasteiger partial charge in [0.2, 0.25) is 0 Å². The first kappa shape index (κ1) is 15.5. The van der Waals surface area contributed by atoms with Gasteiger partial charge in [-0.15, -0.1) is 0 Å². The second-order valence-electron chi connectivity index (χ2n) is 5.20. The van der Waals surface area contributed by atoms with E-state index < -0.39 is 0 Å². The molecule has 116 valence electrons. The van der Waals surface area contributed by atoms with Crippen LogP contribution in [0.5, 0.6) is 0 Å². The van der Waals surface area contributed by atoms with Crippen molar-refractivity contribution in [2.24, 2.45) is 0 Å². The van der Waals surface area contributed by atoms with Gasteiger partial charge in [-0.25, -0.2) is 9.78 Å². The highest BCUT2D eigenvalue weighted by Gasteiger charge is 2.15. The van der Waals surface area contributed by atoms with Crippen molar-refractivity contribution in [1.29, 1.82) is 0 Å². The van der Waals surface area contributed by atoms with Crippen molar-refractivity contribution in [3.05, 3.63) is 26.7 Å². The van der Waals surface area contributed by atoms with E-state index in [0.29, 0.717) is 42.9 Å². The number of aromatic nitrogens is 4. The van der Waals surface area contributed by atoms with Crippen LogP contribution in [0.1, 0.15) is 38.4 Å². The number of aryl methyl sites for hydroxylation is 2. The number of fused-ring (bicyclic) bond motifs is 1. The van der Waals surface area contributed by atoms with Crippen LogP contribution in [-0.2, 0) is 13.1 Å². The topological polar surface area (TPSA) is 92.9 Å². The van der Waals surface area contributed by atoms with Crippen LogP contribution >= 0.6 is 0 Å². The average Bonchev–Trinajstić information content (AvgIpc) is 2.84. The fraction of sp³-hybridized carbons (Fsp3) is 0.643. The molecular formula is C14H22N4O3. The molecule has 0 unspecified atom stereocenters. The largest absolute Gasteiger partial charge is 0.396 e. The zero-order valence-corrected chi connectivity index (χ0v) is 12.6. The van der Waals surface area contributed by atoms with Gasteiger partial charge in [-0.1, -0.05) is 6.92 Å². The third kappa shape index (κ3) is 3.07. The lowest BCUT2D eigenvalue weighted by atomic mass is 10.2. The first-order valence-electron chi connectivity index (χ1n) is 7.41. The molecule has 0 saturated heterocycles. The Balaban J connectivity index is 2.49. The Kier molecular flexibility index (Phi) is 4.95. The number of nitrogens with one attached hydrogen (secondary N) is 1. The minimum Gasteiger partial charge on any atom is -0.396 e. The van der Waals surface area contributed by atoms with Crippen LogP contribution in [0.4, 0.5) is 0 Å². The number of H-pyrrole nitrogens is 1. The van der Waals surface area contributed by atoms with Crippen molar-refractivity contribution < 1.29 is 5.11 Å². The summed E-state index contributed by atoms with van der Waals surface area (Å²) in [5, 5.41) is 8.78. The van der Waals surface area contributed by atoms with Crippen LogP contribution in [0.25, 0.3) is 11.2 Å². The summed E-state index contributed by atoms with van der Waals surface area (Å²) < 4.78 is 2.83. The summed E-state index contributed by atoms with van der Waals surface area (Å²) in [6.07, 6.45) is 2.96. The summed E-state index contributed by atoms with van der Waals surface area (Å²) in [5.74, 6) is 0.629. The molecular weight excluding hydrogens is 272 g/mol. The Morgan fingerprint density at radius 3 is 2.57 bits per heavy atom. The molecule has 0 amide bonds. The van der Waals surface area contributed by atoms with E-state index >= 15 is 0 Å². The van der Waals surface area contributed by atoms with E-state index in [2.05, 4.69) is 9.97 Å². The minimum atomic E-state index is -0.313. The summed E-state index contributed by atoms with van der Waals surface area (Å²) in [4.78, 5) is 32.1. The third-order valence-corrected chi connectivity index (χ3v) is 3.47. The van der Waals surface area contributed by atoms with Gasteiger partial charge in [-0.3, -0.25) is 13.9 Å². The summed E-state index contributed by atoms with van der Waals surface area (Å²) in [5.41, 5.74) is 0.218. The summed E-state index contributed by atoms with van der Waals surface area (Å²) in [6.45, 7) is 4.79. The molecule has 0 aliphatic carbocycles. The number of hydrogen-bond acceptors (Lipinski definition) is 4. The third-order valence-electron chi connectivity index (χ3n) is 3.47. The molecule has 0 fully saturated rings. The van der Waals surface area contributed by atoms with E-state index in [9.17, 15) is 9.59 Å². The summed E-state index contributed by atoms with van der Waals surface area (Å²) >= 11 is 0. The van der Waals surface area contributed by atoms with E-state index in [1.807, 2.05) is 6.92 Å². The second-order valence-corrected chi connectivity index (χ2v) is 5.20. The Morgan fingerprint density at radius 2 is 1.90 bits per heavy atom. The molecule has 0 radical (unpaired) electrons. The van der Waals surface area contributed by atoms with Crippen LogP contribution < -0.4 is 11.2 Å². The van der Waals surface area contributed by atoms with Gasteiger partial charge in [0.1, 0.15) is 11.3 Å². The Bertz CT molecular complexity index is 726. The van der Waals surface area contributed by atoms with Crippen molar-refractivity contribution in [1.82, 2.24) is 19.1 Å². The molecule has 0 saturated carbocycles. The molecule has 2 rings (SSSR count). The van der Waals surface area contributed by atoms with Crippen LogP contribution in [0.2, 0.25) is 0 Å². The zero-order valence-electron chi connectivity index (χ0n) is 12.6. The Morgan fingerprint density at radius 1 is 1.14 bits per heavy atom. The van der Waals surface area contributed by atoms with Crippen LogP contribution in [0.3, 0.4) is 0 Å². The molecule has 0 aliphatic heterocycles. The van der Waals surface area contributed by atoms with Crippen molar-refractivity contribution in [2.45, 2.75) is 52.6 Å². The maximum Gasteiger partial charge on any atom is 0.332 e. The van der Waals surface area contributed by atoms with E-state index in [0.717, 1.165) is 12.8 Å².